The minimum atomic E-state index is -0.105. The van der Waals surface area contributed by atoms with Gasteiger partial charge in [0.25, 0.3) is 5.91 Å². The maximum absolute atomic E-state index is 12.1. The molecule has 1 fully saturated rings. The van der Waals surface area contributed by atoms with Gasteiger partial charge in [0.05, 0.1) is 0 Å². The summed E-state index contributed by atoms with van der Waals surface area (Å²) in [4.78, 5) is 25.4. The van der Waals surface area contributed by atoms with Crippen molar-refractivity contribution in [2.75, 3.05) is 44.2 Å². The van der Waals surface area contributed by atoms with Crippen molar-refractivity contribution in [3.05, 3.63) is 18.0 Å². The van der Waals surface area contributed by atoms with Gasteiger partial charge in [0.2, 0.25) is 5.95 Å². The second-order valence-electron chi connectivity index (χ2n) is 5.63. The summed E-state index contributed by atoms with van der Waals surface area (Å²) in [6.07, 6.45) is 4.98. The van der Waals surface area contributed by atoms with Gasteiger partial charge in [-0.15, -0.1) is 0 Å². The zero-order chi connectivity index (χ0) is 15.8. The highest BCUT2D eigenvalue weighted by Gasteiger charge is 2.18. The molecule has 1 amide bonds. The van der Waals surface area contributed by atoms with Crippen LogP contribution in [0, 0.1) is 0 Å². The van der Waals surface area contributed by atoms with Gasteiger partial charge in [0.15, 0.2) is 0 Å². The first-order valence-electron chi connectivity index (χ1n) is 8.33. The van der Waals surface area contributed by atoms with Crippen LogP contribution in [0.3, 0.4) is 0 Å². The predicted octanol–water partition coefficient (Wildman–Crippen LogP) is 1.54. The fourth-order valence-electron chi connectivity index (χ4n) is 2.56. The number of carbonyl (C=O) groups is 1. The van der Waals surface area contributed by atoms with E-state index in [4.69, 9.17) is 0 Å². The molecule has 1 aromatic rings. The zero-order valence-corrected chi connectivity index (χ0v) is 13.7. The molecule has 0 unspecified atom stereocenters. The Morgan fingerprint density at radius 2 is 2.00 bits per heavy atom. The minimum Gasteiger partial charge on any atom is -0.351 e. The van der Waals surface area contributed by atoms with E-state index in [0.717, 1.165) is 52.0 Å². The quantitative estimate of drug-likeness (QED) is 0.774. The van der Waals surface area contributed by atoms with Gasteiger partial charge in [-0.1, -0.05) is 26.7 Å². The summed E-state index contributed by atoms with van der Waals surface area (Å²) in [5, 5.41) is 2.92. The number of anilines is 1. The van der Waals surface area contributed by atoms with Crippen molar-refractivity contribution >= 4 is 11.9 Å². The van der Waals surface area contributed by atoms with E-state index in [9.17, 15) is 4.79 Å². The Hall–Kier alpha value is -1.69. The first kappa shape index (κ1) is 16.7. The molecule has 0 saturated carbocycles. The van der Waals surface area contributed by atoms with Gasteiger partial charge in [0, 0.05) is 38.9 Å². The Morgan fingerprint density at radius 1 is 1.23 bits per heavy atom. The molecule has 1 aromatic heterocycles. The summed E-state index contributed by atoms with van der Waals surface area (Å²) in [6, 6.07) is 1.68. The molecule has 1 saturated heterocycles. The maximum Gasteiger partial charge on any atom is 0.270 e. The fraction of sp³-hybridized carbons (Fsp3) is 0.688. The normalized spacial score (nSPS) is 15.8. The number of amides is 1. The summed E-state index contributed by atoms with van der Waals surface area (Å²) in [7, 11) is 0. The van der Waals surface area contributed by atoms with Crippen LogP contribution in [0.5, 0.6) is 0 Å². The molecule has 6 nitrogen and oxygen atoms in total. The summed E-state index contributed by atoms with van der Waals surface area (Å²) in [5.41, 5.74) is 0.458. The molecule has 6 heteroatoms. The lowest BCUT2D eigenvalue weighted by atomic mass is 10.2. The Balaban J connectivity index is 1.91. The van der Waals surface area contributed by atoms with E-state index in [1.807, 2.05) is 0 Å². The summed E-state index contributed by atoms with van der Waals surface area (Å²) >= 11 is 0. The van der Waals surface area contributed by atoms with Crippen LogP contribution in [0.1, 0.15) is 43.6 Å². The molecule has 1 aliphatic rings. The molecule has 0 aliphatic carbocycles. The fourth-order valence-corrected chi connectivity index (χ4v) is 2.56. The number of rotatable bonds is 7. The summed E-state index contributed by atoms with van der Waals surface area (Å²) in [5.74, 6) is 0.559. The number of nitrogens with one attached hydrogen (secondary N) is 1. The van der Waals surface area contributed by atoms with Crippen LogP contribution in [0.2, 0.25) is 0 Å². The lowest BCUT2D eigenvalue weighted by Crippen LogP contribution is -2.46. The largest absolute Gasteiger partial charge is 0.351 e. The molecule has 2 heterocycles. The van der Waals surface area contributed by atoms with Gasteiger partial charge in [-0.25, -0.2) is 9.97 Å². The van der Waals surface area contributed by atoms with E-state index in [1.165, 1.54) is 0 Å². The molecule has 0 atom stereocenters. The van der Waals surface area contributed by atoms with Crippen molar-refractivity contribution in [2.45, 2.75) is 33.1 Å². The third kappa shape index (κ3) is 4.66. The number of aromatic nitrogens is 2. The molecule has 1 aliphatic heterocycles. The Bertz CT molecular complexity index is 471. The molecule has 2 rings (SSSR count). The highest BCUT2D eigenvalue weighted by atomic mass is 16.1. The van der Waals surface area contributed by atoms with Crippen molar-refractivity contribution in [1.29, 1.82) is 0 Å². The molecular weight excluding hydrogens is 278 g/mol. The van der Waals surface area contributed by atoms with E-state index in [-0.39, 0.29) is 5.91 Å². The van der Waals surface area contributed by atoms with Crippen molar-refractivity contribution in [1.82, 2.24) is 20.2 Å². The number of nitrogens with zero attached hydrogens (tertiary/aromatic N) is 4. The summed E-state index contributed by atoms with van der Waals surface area (Å²) in [6.45, 7) is 9.98. The third-order valence-electron chi connectivity index (χ3n) is 4.04. The Labute approximate surface area is 132 Å². The highest BCUT2D eigenvalue weighted by Crippen LogP contribution is 2.11. The second kappa shape index (κ2) is 8.68. The predicted molar refractivity (Wildman–Crippen MR) is 88.2 cm³/mol. The van der Waals surface area contributed by atoms with Crippen LogP contribution < -0.4 is 10.2 Å². The molecule has 1 N–H and O–H groups in total. The van der Waals surface area contributed by atoms with Crippen LogP contribution in [0.4, 0.5) is 5.95 Å². The molecule has 0 spiro atoms. The monoisotopic (exact) mass is 305 g/mol. The Kier molecular flexibility index (Phi) is 6.58. The van der Waals surface area contributed by atoms with Crippen LogP contribution in [-0.2, 0) is 0 Å². The van der Waals surface area contributed by atoms with Crippen molar-refractivity contribution in [2.24, 2.45) is 0 Å². The SMILES string of the molecule is CCCCCNC(=O)c1ccnc(N2CCN(CC)CC2)n1. The average Bonchev–Trinajstić information content (AvgIpc) is 2.59. The first-order chi connectivity index (χ1) is 10.7. The minimum absolute atomic E-state index is 0.105. The van der Waals surface area contributed by atoms with E-state index in [2.05, 4.69) is 38.9 Å². The number of carbonyl (C=O) groups excluding carboxylic acids is 1. The number of likely N-dealkylation sites (N-methyl/N-ethyl adjacent to an activating group) is 1. The summed E-state index contributed by atoms with van der Waals surface area (Å²) < 4.78 is 0. The van der Waals surface area contributed by atoms with Crippen LogP contribution in [0.25, 0.3) is 0 Å². The average molecular weight is 305 g/mol. The molecule has 22 heavy (non-hydrogen) atoms. The zero-order valence-electron chi connectivity index (χ0n) is 13.7. The number of hydrogen-bond donors (Lipinski definition) is 1. The van der Waals surface area contributed by atoms with Crippen LogP contribution in [-0.4, -0.2) is 60.0 Å². The van der Waals surface area contributed by atoms with Crippen molar-refractivity contribution < 1.29 is 4.79 Å². The topological polar surface area (TPSA) is 61.4 Å². The molecule has 0 aromatic carbocycles. The first-order valence-corrected chi connectivity index (χ1v) is 8.33. The van der Waals surface area contributed by atoms with Gasteiger partial charge >= 0.3 is 0 Å². The molecule has 0 radical (unpaired) electrons. The highest BCUT2D eigenvalue weighted by molar-refractivity contribution is 5.92. The van der Waals surface area contributed by atoms with Gasteiger partial charge in [-0.3, -0.25) is 4.79 Å². The van der Waals surface area contributed by atoms with Gasteiger partial charge in [-0.2, -0.15) is 0 Å². The molecular formula is C16H27N5O. The van der Waals surface area contributed by atoms with E-state index in [1.54, 1.807) is 12.3 Å². The van der Waals surface area contributed by atoms with Crippen molar-refractivity contribution in [3.63, 3.8) is 0 Å². The Morgan fingerprint density at radius 3 is 2.68 bits per heavy atom. The lowest BCUT2D eigenvalue weighted by Gasteiger charge is -2.34. The lowest BCUT2D eigenvalue weighted by molar-refractivity contribution is 0.0948. The third-order valence-corrected chi connectivity index (χ3v) is 4.04. The number of piperazine rings is 1. The standard InChI is InChI=1S/C16H27N5O/c1-3-5-6-8-17-15(22)14-7-9-18-16(19-14)21-12-10-20(4-2)11-13-21/h7,9H,3-6,8,10-13H2,1-2H3,(H,17,22). The molecule has 0 bridgehead atoms. The van der Waals surface area contributed by atoms with E-state index >= 15 is 0 Å². The van der Waals surface area contributed by atoms with Crippen LogP contribution >= 0.6 is 0 Å². The van der Waals surface area contributed by atoms with Gasteiger partial charge < -0.3 is 15.1 Å². The molecule has 122 valence electrons. The van der Waals surface area contributed by atoms with E-state index in [0.29, 0.717) is 18.2 Å². The maximum atomic E-state index is 12.1. The number of hydrogen-bond acceptors (Lipinski definition) is 5. The van der Waals surface area contributed by atoms with Crippen LogP contribution in [0.15, 0.2) is 12.3 Å². The second-order valence-corrected chi connectivity index (χ2v) is 5.63. The smallest absolute Gasteiger partial charge is 0.270 e. The van der Waals surface area contributed by atoms with Crippen molar-refractivity contribution in [3.8, 4) is 0 Å². The van der Waals surface area contributed by atoms with Gasteiger partial charge in [-0.05, 0) is 19.0 Å². The van der Waals surface area contributed by atoms with E-state index < -0.39 is 0 Å². The van der Waals surface area contributed by atoms with Gasteiger partial charge in [0.1, 0.15) is 5.69 Å². The number of unbranched alkanes of at least 4 members (excludes halogenated alkanes) is 2.